The fourth-order valence-corrected chi connectivity index (χ4v) is 1.97. The van der Waals surface area contributed by atoms with E-state index >= 15 is 0 Å². The minimum absolute atomic E-state index is 0.256. The lowest BCUT2D eigenvalue weighted by molar-refractivity contribution is 0.0475. The Kier molecular flexibility index (Phi) is 5.06. The van der Waals surface area contributed by atoms with Gasteiger partial charge < -0.3 is 4.74 Å². The van der Waals surface area contributed by atoms with Crippen molar-refractivity contribution in [2.75, 3.05) is 6.61 Å². The summed E-state index contributed by atoms with van der Waals surface area (Å²) >= 11 is 2.15. The second kappa shape index (κ2) is 6.99. The molecule has 2 aromatic carbocycles. The third-order valence-corrected chi connectivity index (χ3v) is 3.47. The largest absolute Gasteiger partial charge is 0.454 e. The topological polar surface area (TPSA) is 67.2 Å². The van der Waals surface area contributed by atoms with Crippen molar-refractivity contribution in [3.8, 4) is 6.07 Å². The zero-order valence-electron chi connectivity index (χ0n) is 10.9. The predicted molar refractivity (Wildman–Crippen MR) is 84.9 cm³/mol. The van der Waals surface area contributed by atoms with E-state index in [4.69, 9.17) is 10.00 Å². The molecule has 0 amide bonds. The van der Waals surface area contributed by atoms with Crippen LogP contribution in [-0.2, 0) is 4.74 Å². The summed E-state index contributed by atoms with van der Waals surface area (Å²) in [6.07, 6.45) is 0. The molecule has 0 spiro atoms. The number of nitrogens with zero attached hydrogens (tertiary/aromatic N) is 1. The Morgan fingerprint density at radius 3 is 2.14 bits per heavy atom. The highest BCUT2D eigenvalue weighted by atomic mass is 127. The summed E-state index contributed by atoms with van der Waals surface area (Å²) in [5.74, 6) is -0.841. The molecule has 0 heterocycles. The first kappa shape index (κ1) is 15.2. The van der Waals surface area contributed by atoms with Crippen LogP contribution in [0.25, 0.3) is 0 Å². The number of nitriles is 1. The number of benzene rings is 2. The first-order valence-electron chi connectivity index (χ1n) is 6.06. The van der Waals surface area contributed by atoms with Crippen LogP contribution in [0.1, 0.15) is 26.3 Å². The standard InChI is InChI=1S/C16H10INO3/c17-14-7-5-12(6-8-14)15(19)10-21-16(20)13-3-1-11(9-18)2-4-13/h1-8H,10H2. The number of carbonyl (C=O) groups excluding carboxylic acids is 2. The molecule has 0 aliphatic heterocycles. The molecule has 0 aliphatic rings. The van der Waals surface area contributed by atoms with E-state index in [1.807, 2.05) is 18.2 Å². The number of ether oxygens (including phenoxy) is 1. The summed E-state index contributed by atoms with van der Waals surface area (Å²) in [5.41, 5.74) is 1.27. The summed E-state index contributed by atoms with van der Waals surface area (Å²) in [4.78, 5) is 23.6. The lowest BCUT2D eigenvalue weighted by Crippen LogP contribution is -2.14. The summed E-state index contributed by atoms with van der Waals surface area (Å²) in [6.45, 7) is -0.306. The second-order valence-corrected chi connectivity index (χ2v) is 5.44. The molecular formula is C16H10INO3. The van der Waals surface area contributed by atoms with Crippen LogP contribution in [0.5, 0.6) is 0 Å². The molecule has 0 aromatic heterocycles. The van der Waals surface area contributed by atoms with Crippen molar-refractivity contribution in [3.05, 3.63) is 68.8 Å². The summed E-state index contributed by atoms with van der Waals surface area (Å²) in [5, 5.41) is 8.68. The van der Waals surface area contributed by atoms with Gasteiger partial charge in [-0.2, -0.15) is 5.26 Å². The average molecular weight is 391 g/mol. The van der Waals surface area contributed by atoms with Gasteiger partial charge in [0.05, 0.1) is 17.2 Å². The number of esters is 1. The van der Waals surface area contributed by atoms with Crippen molar-refractivity contribution in [2.24, 2.45) is 0 Å². The van der Waals surface area contributed by atoms with Gasteiger partial charge in [-0.3, -0.25) is 4.79 Å². The Morgan fingerprint density at radius 1 is 1.00 bits per heavy atom. The van der Waals surface area contributed by atoms with E-state index in [1.165, 1.54) is 24.3 Å². The molecule has 2 rings (SSSR count). The molecule has 5 heteroatoms. The maximum absolute atomic E-state index is 11.9. The number of carbonyl (C=O) groups is 2. The monoisotopic (exact) mass is 391 g/mol. The SMILES string of the molecule is N#Cc1ccc(C(=O)OCC(=O)c2ccc(I)cc2)cc1. The van der Waals surface area contributed by atoms with Crippen LogP contribution in [-0.4, -0.2) is 18.4 Å². The van der Waals surface area contributed by atoms with E-state index in [9.17, 15) is 9.59 Å². The maximum Gasteiger partial charge on any atom is 0.338 e. The number of halogens is 1. The summed E-state index contributed by atoms with van der Waals surface area (Å²) < 4.78 is 6.00. The van der Waals surface area contributed by atoms with Gasteiger partial charge in [0, 0.05) is 9.13 Å². The minimum atomic E-state index is -0.585. The molecule has 0 radical (unpaired) electrons. The smallest absolute Gasteiger partial charge is 0.338 e. The number of hydrogen-bond donors (Lipinski definition) is 0. The van der Waals surface area contributed by atoms with E-state index in [0.29, 0.717) is 16.7 Å². The van der Waals surface area contributed by atoms with Crippen LogP contribution < -0.4 is 0 Å². The van der Waals surface area contributed by atoms with E-state index in [2.05, 4.69) is 22.6 Å². The third kappa shape index (κ3) is 4.13. The highest BCUT2D eigenvalue weighted by molar-refractivity contribution is 14.1. The molecule has 0 fully saturated rings. The fraction of sp³-hybridized carbons (Fsp3) is 0.0625. The molecule has 21 heavy (non-hydrogen) atoms. The molecule has 2 aromatic rings. The molecule has 0 atom stereocenters. The first-order chi connectivity index (χ1) is 10.1. The Bertz CT molecular complexity index is 700. The van der Waals surface area contributed by atoms with Crippen LogP contribution in [0.15, 0.2) is 48.5 Å². The number of ketones is 1. The van der Waals surface area contributed by atoms with Crippen LogP contribution in [0.4, 0.5) is 0 Å². The number of hydrogen-bond acceptors (Lipinski definition) is 4. The minimum Gasteiger partial charge on any atom is -0.454 e. The lowest BCUT2D eigenvalue weighted by Gasteiger charge is -2.04. The molecule has 0 saturated carbocycles. The highest BCUT2D eigenvalue weighted by Crippen LogP contribution is 2.09. The van der Waals surface area contributed by atoms with Crippen LogP contribution >= 0.6 is 22.6 Å². The normalized spacial score (nSPS) is 9.71. The van der Waals surface area contributed by atoms with Gasteiger partial charge in [0.2, 0.25) is 0 Å². The quantitative estimate of drug-likeness (QED) is 0.456. The predicted octanol–water partition coefficient (Wildman–Crippen LogP) is 3.20. The van der Waals surface area contributed by atoms with Crippen molar-refractivity contribution >= 4 is 34.3 Å². The zero-order chi connectivity index (χ0) is 15.2. The Hall–Kier alpha value is -2.20. The van der Waals surface area contributed by atoms with Gasteiger partial charge in [0.25, 0.3) is 0 Å². The van der Waals surface area contributed by atoms with Gasteiger partial charge >= 0.3 is 5.97 Å². The van der Waals surface area contributed by atoms with Crippen LogP contribution in [0.3, 0.4) is 0 Å². The van der Waals surface area contributed by atoms with E-state index in [-0.39, 0.29) is 12.4 Å². The summed E-state index contributed by atoms with van der Waals surface area (Å²) in [7, 11) is 0. The van der Waals surface area contributed by atoms with E-state index in [0.717, 1.165) is 3.57 Å². The first-order valence-corrected chi connectivity index (χ1v) is 7.14. The van der Waals surface area contributed by atoms with Gasteiger partial charge in [-0.25, -0.2) is 4.79 Å². The highest BCUT2D eigenvalue weighted by Gasteiger charge is 2.11. The van der Waals surface area contributed by atoms with Gasteiger partial charge in [-0.15, -0.1) is 0 Å². The zero-order valence-corrected chi connectivity index (χ0v) is 13.0. The van der Waals surface area contributed by atoms with Crippen LogP contribution in [0.2, 0.25) is 0 Å². The van der Waals surface area contributed by atoms with Gasteiger partial charge in [0.15, 0.2) is 12.4 Å². The number of rotatable bonds is 4. The summed E-state index contributed by atoms with van der Waals surface area (Å²) in [6, 6.07) is 15.0. The molecule has 104 valence electrons. The molecule has 0 N–H and O–H groups in total. The van der Waals surface area contributed by atoms with Crippen LogP contribution in [0, 0.1) is 14.9 Å². The average Bonchev–Trinajstić information content (AvgIpc) is 2.53. The second-order valence-electron chi connectivity index (χ2n) is 4.20. The fourth-order valence-electron chi connectivity index (χ4n) is 1.61. The molecular weight excluding hydrogens is 381 g/mol. The lowest BCUT2D eigenvalue weighted by atomic mass is 10.1. The maximum atomic E-state index is 11.9. The van der Waals surface area contributed by atoms with Crippen molar-refractivity contribution in [3.63, 3.8) is 0 Å². The third-order valence-electron chi connectivity index (χ3n) is 2.75. The van der Waals surface area contributed by atoms with Gasteiger partial charge in [-0.1, -0.05) is 12.1 Å². The van der Waals surface area contributed by atoms with Crippen molar-refractivity contribution in [1.82, 2.24) is 0 Å². The van der Waals surface area contributed by atoms with Crippen molar-refractivity contribution in [2.45, 2.75) is 0 Å². The molecule has 0 bridgehead atoms. The molecule has 0 unspecified atom stereocenters. The Balaban J connectivity index is 1.95. The molecule has 0 aliphatic carbocycles. The Labute approximate surface area is 135 Å². The van der Waals surface area contributed by atoms with Crippen molar-refractivity contribution in [1.29, 1.82) is 5.26 Å². The Morgan fingerprint density at radius 2 is 1.57 bits per heavy atom. The van der Waals surface area contributed by atoms with E-state index in [1.54, 1.807) is 12.1 Å². The van der Waals surface area contributed by atoms with Gasteiger partial charge in [0.1, 0.15) is 0 Å². The van der Waals surface area contributed by atoms with Gasteiger partial charge in [-0.05, 0) is 59.0 Å². The van der Waals surface area contributed by atoms with E-state index < -0.39 is 5.97 Å². The number of Topliss-reactive ketones (excluding diaryl/α,β-unsaturated/α-hetero) is 1. The molecule has 0 saturated heterocycles. The molecule has 4 nitrogen and oxygen atoms in total. The van der Waals surface area contributed by atoms with Crippen molar-refractivity contribution < 1.29 is 14.3 Å².